The SMILES string of the molecule is Cc1cccc(N2CCN(C(=O)C3CCC(=O)N3C)CC2)c1C. The molecule has 1 aromatic carbocycles. The van der Waals surface area contributed by atoms with E-state index in [1.807, 2.05) is 4.90 Å². The number of carbonyl (C=O) groups excluding carboxylic acids is 2. The molecule has 5 nitrogen and oxygen atoms in total. The fourth-order valence-electron chi connectivity index (χ4n) is 3.55. The van der Waals surface area contributed by atoms with Gasteiger partial charge in [0.05, 0.1) is 0 Å². The van der Waals surface area contributed by atoms with Crippen LogP contribution >= 0.6 is 0 Å². The highest BCUT2D eigenvalue weighted by atomic mass is 16.2. The number of benzene rings is 1. The second kappa shape index (κ2) is 6.22. The summed E-state index contributed by atoms with van der Waals surface area (Å²) in [4.78, 5) is 30.1. The summed E-state index contributed by atoms with van der Waals surface area (Å²) in [6.45, 7) is 7.43. The summed E-state index contributed by atoms with van der Waals surface area (Å²) in [5, 5.41) is 0. The maximum absolute atomic E-state index is 12.6. The van der Waals surface area contributed by atoms with E-state index in [4.69, 9.17) is 0 Å². The Bertz CT molecular complexity index is 621. The van der Waals surface area contributed by atoms with E-state index in [1.54, 1.807) is 11.9 Å². The largest absolute Gasteiger partial charge is 0.368 e. The Kier molecular flexibility index (Phi) is 4.28. The zero-order chi connectivity index (χ0) is 16.6. The van der Waals surface area contributed by atoms with Crippen molar-refractivity contribution in [2.75, 3.05) is 38.1 Å². The molecule has 0 saturated carbocycles. The average Bonchev–Trinajstić information content (AvgIpc) is 2.89. The van der Waals surface area contributed by atoms with Crippen LogP contribution in [0.25, 0.3) is 0 Å². The molecule has 3 rings (SSSR count). The number of aryl methyl sites for hydroxylation is 1. The third kappa shape index (κ3) is 2.92. The highest BCUT2D eigenvalue weighted by Gasteiger charge is 2.36. The van der Waals surface area contributed by atoms with Crippen LogP contribution in [0.2, 0.25) is 0 Å². The summed E-state index contributed by atoms with van der Waals surface area (Å²) in [6, 6.07) is 6.12. The third-order valence-corrected chi connectivity index (χ3v) is 5.29. The maximum Gasteiger partial charge on any atom is 0.245 e. The van der Waals surface area contributed by atoms with Gasteiger partial charge in [-0.2, -0.15) is 0 Å². The third-order valence-electron chi connectivity index (χ3n) is 5.29. The van der Waals surface area contributed by atoms with Crippen LogP contribution in [0.1, 0.15) is 24.0 Å². The van der Waals surface area contributed by atoms with E-state index in [2.05, 4.69) is 36.9 Å². The minimum atomic E-state index is -0.255. The molecular formula is C18H25N3O2. The zero-order valence-corrected chi connectivity index (χ0v) is 14.2. The first-order valence-electron chi connectivity index (χ1n) is 8.34. The molecule has 1 aromatic rings. The van der Waals surface area contributed by atoms with Gasteiger partial charge in [-0.1, -0.05) is 12.1 Å². The molecule has 2 aliphatic rings. The van der Waals surface area contributed by atoms with E-state index in [9.17, 15) is 9.59 Å². The van der Waals surface area contributed by atoms with Gasteiger partial charge in [-0.15, -0.1) is 0 Å². The van der Waals surface area contributed by atoms with E-state index in [0.29, 0.717) is 12.8 Å². The van der Waals surface area contributed by atoms with Crippen LogP contribution in [0.4, 0.5) is 5.69 Å². The topological polar surface area (TPSA) is 43.9 Å². The summed E-state index contributed by atoms with van der Waals surface area (Å²) in [5.74, 6) is 0.191. The standard InChI is InChI=1S/C18H25N3O2/c1-13-5-4-6-15(14(13)2)20-9-11-21(12-10-20)18(23)16-7-8-17(22)19(16)3/h4-6,16H,7-12H2,1-3H3. The highest BCUT2D eigenvalue weighted by Crippen LogP contribution is 2.25. The lowest BCUT2D eigenvalue weighted by Gasteiger charge is -2.38. The van der Waals surface area contributed by atoms with Crippen molar-refractivity contribution in [3.8, 4) is 0 Å². The summed E-state index contributed by atoms with van der Waals surface area (Å²) < 4.78 is 0. The molecule has 0 aromatic heterocycles. The molecule has 0 aliphatic carbocycles. The van der Waals surface area contributed by atoms with Crippen LogP contribution in [0.5, 0.6) is 0 Å². The Hall–Kier alpha value is -2.04. The van der Waals surface area contributed by atoms with Gasteiger partial charge in [-0.05, 0) is 37.5 Å². The van der Waals surface area contributed by atoms with E-state index in [-0.39, 0.29) is 17.9 Å². The van der Waals surface area contributed by atoms with E-state index < -0.39 is 0 Å². The quantitative estimate of drug-likeness (QED) is 0.832. The maximum atomic E-state index is 12.6. The number of piperazine rings is 1. The van der Waals surface area contributed by atoms with Crippen molar-refractivity contribution in [3.05, 3.63) is 29.3 Å². The Morgan fingerprint density at radius 3 is 2.43 bits per heavy atom. The second-order valence-corrected chi connectivity index (χ2v) is 6.59. The monoisotopic (exact) mass is 315 g/mol. The lowest BCUT2D eigenvalue weighted by atomic mass is 10.1. The molecule has 2 fully saturated rings. The summed E-state index contributed by atoms with van der Waals surface area (Å²) >= 11 is 0. The van der Waals surface area contributed by atoms with Gasteiger partial charge in [0.2, 0.25) is 11.8 Å². The Morgan fingerprint density at radius 2 is 1.83 bits per heavy atom. The van der Waals surface area contributed by atoms with Crippen LogP contribution in [-0.4, -0.2) is 60.9 Å². The van der Waals surface area contributed by atoms with Gasteiger partial charge in [0.25, 0.3) is 0 Å². The van der Waals surface area contributed by atoms with Crippen LogP contribution in [-0.2, 0) is 9.59 Å². The normalized spacial score (nSPS) is 22.0. The number of carbonyl (C=O) groups is 2. The number of hydrogen-bond donors (Lipinski definition) is 0. The van der Waals surface area contributed by atoms with Gasteiger partial charge in [0.1, 0.15) is 6.04 Å². The Morgan fingerprint density at radius 1 is 1.13 bits per heavy atom. The number of anilines is 1. The van der Waals surface area contributed by atoms with E-state index >= 15 is 0 Å². The Balaban J connectivity index is 1.63. The number of likely N-dealkylation sites (tertiary alicyclic amines) is 1. The van der Waals surface area contributed by atoms with Gasteiger partial charge < -0.3 is 14.7 Å². The molecule has 0 spiro atoms. The van der Waals surface area contributed by atoms with Gasteiger partial charge in [-0.25, -0.2) is 0 Å². The number of likely N-dealkylation sites (N-methyl/N-ethyl adjacent to an activating group) is 1. The van der Waals surface area contributed by atoms with Crippen molar-refractivity contribution in [1.29, 1.82) is 0 Å². The van der Waals surface area contributed by atoms with Crippen molar-refractivity contribution in [3.63, 3.8) is 0 Å². The van der Waals surface area contributed by atoms with Gasteiger partial charge in [0.15, 0.2) is 0 Å². The first kappa shape index (κ1) is 15.8. The fraction of sp³-hybridized carbons (Fsp3) is 0.556. The number of amides is 2. The molecule has 0 radical (unpaired) electrons. The minimum absolute atomic E-state index is 0.0809. The molecule has 2 heterocycles. The molecule has 2 amide bonds. The zero-order valence-electron chi connectivity index (χ0n) is 14.2. The first-order chi connectivity index (χ1) is 11.0. The number of rotatable bonds is 2. The molecule has 2 saturated heterocycles. The lowest BCUT2D eigenvalue weighted by Crippen LogP contribution is -2.53. The molecule has 1 atom stereocenters. The van der Waals surface area contributed by atoms with Gasteiger partial charge in [0, 0.05) is 45.3 Å². The van der Waals surface area contributed by atoms with Crippen LogP contribution < -0.4 is 4.90 Å². The smallest absolute Gasteiger partial charge is 0.245 e. The molecular weight excluding hydrogens is 290 g/mol. The van der Waals surface area contributed by atoms with Crippen molar-refractivity contribution in [2.24, 2.45) is 0 Å². The predicted molar refractivity (Wildman–Crippen MR) is 90.5 cm³/mol. The molecule has 1 unspecified atom stereocenters. The van der Waals surface area contributed by atoms with Crippen LogP contribution in [0.15, 0.2) is 18.2 Å². The predicted octanol–water partition coefficient (Wildman–Crippen LogP) is 1.57. The van der Waals surface area contributed by atoms with E-state index in [0.717, 1.165) is 26.2 Å². The van der Waals surface area contributed by atoms with Crippen LogP contribution in [0.3, 0.4) is 0 Å². The van der Waals surface area contributed by atoms with Crippen molar-refractivity contribution < 1.29 is 9.59 Å². The van der Waals surface area contributed by atoms with Gasteiger partial charge >= 0.3 is 0 Å². The highest BCUT2D eigenvalue weighted by molar-refractivity contribution is 5.90. The number of hydrogen-bond acceptors (Lipinski definition) is 3. The summed E-state index contributed by atoms with van der Waals surface area (Å²) in [6.07, 6.45) is 1.15. The van der Waals surface area contributed by atoms with Crippen molar-refractivity contribution in [2.45, 2.75) is 32.7 Å². The second-order valence-electron chi connectivity index (χ2n) is 6.59. The first-order valence-corrected chi connectivity index (χ1v) is 8.34. The molecule has 2 aliphatic heterocycles. The van der Waals surface area contributed by atoms with Crippen LogP contribution in [0, 0.1) is 13.8 Å². The van der Waals surface area contributed by atoms with Crippen molar-refractivity contribution >= 4 is 17.5 Å². The van der Waals surface area contributed by atoms with E-state index in [1.165, 1.54) is 16.8 Å². The Labute approximate surface area is 137 Å². The molecule has 0 bridgehead atoms. The van der Waals surface area contributed by atoms with Crippen molar-refractivity contribution in [1.82, 2.24) is 9.80 Å². The lowest BCUT2D eigenvalue weighted by molar-refractivity contribution is -0.140. The van der Waals surface area contributed by atoms with Gasteiger partial charge in [-0.3, -0.25) is 9.59 Å². The summed E-state index contributed by atoms with van der Waals surface area (Å²) in [5.41, 5.74) is 3.88. The molecule has 23 heavy (non-hydrogen) atoms. The minimum Gasteiger partial charge on any atom is -0.368 e. The molecule has 0 N–H and O–H groups in total. The molecule has 124 valence electrons. The number of nitrogens with zero attached hydrogens (tertiary/aromatic N) is 3. The fourth-order valence-corrected chi connectivity index (χ4v) is 3.55. The summed E-state index contributed by atoms with van der Waals surface area (Å²) in [7, 11) is 1.74. The molecule has 5 heteroatoms. The average molecular weight is 315 g/mol.